The maximum Gasteiger partial charge on any atom is 0.0702 e. The Morgan fingerprint density at radius 2 is 2.24 bits per heavy atom. The van der Waals surface area contributed by atoms with E-state index < -0.39 is 0 Å². The van der Waals surface area contributed by atoms with Gasteiger partial charge in [-0.05, 0) is 56.0 Å². The second kappa shape index (κ2) is 7.21. The van der Waals surface area contributed by atoms with Crippen molar-refractivity contribution < 1.29 is 0 Å². The van der Waals surface area contributed by atoms with Crippen molar-refractivity contribution in [2.24, 2.45) is 11.7 Å². The van der Waals surface area contributed by atoms with E-state index in [-0.39, 0.29) is 12.4 Å². The molecule has 1 saturated heterocycles. The minimum Gasteiger partial charge on any atom is -0.328 e. The number of hydrogen-bond acceptors (Lipinski definition) is 3. The van der Waals surface area contributed by atoms with Crippen molar-refractivity contribution >= 4 is 23.3 Å². The van der Waals surface area contributed by atoms with E-state index in [1.54, 1.807) is 0 Å². The Balaban J connectivity index is 0.00000161. The van der Waals surface area contributed by atoms with Gasteiger partial charge in [0.25, 0.3) is 0 Å². The predicted molar refractivity (Wildman–Crippen MR) is 90.6 cm³/mol. The fourth-order valence-electron chi connectivity index (χ4n) is 3.15. The Kier molecular flexibility index (Phi) is 5.57. The molecule has 114 valence electrons. The first-order chi connectivity index (χ1) is 9.72. The molecule has 2 unspecified atom stereocenters. The zero-order valence-electron chi connectivity index (χ0n) is 12.5. The third-order valence-electron chi connectivity index (χ3n) is 4.36. The van der Waals surface area contributed by atoms with Gasteiger partial charge in [-0.2, -0.15) is 0 Å². The van der Waals surface area contributed by atoms with Crippen molar-refractivity contribution in [2.75, 3.05) is 13.1 Å². The first kappa shape index (κ1) is 16.2. The molecule has 2 aromatic rings. The van der Waals surface area contributed by atoms with Gasteiger partial charge in [-0.1, -0.05) is 12.1 Å². The average Bonchev–Trinajstić information content (AvgIpc) is 2.47. The van der Waals surface area contributed by atoms with Gasteiger partial charge >= 0.3 is 0 Å². The number of benzene rings is 1. The minimum atomic E-state index is 0. The van der Waals surface area contributed by atoms with Crippen LogP contribution in [0.25, 0.3) is 10.9 Å². The minimum absolute atomic E-state index is 0. The molecule has 0 aliphatic carbocycles. The van der Waals surface area contributed by atoms with Crippen molar-refractivity contribution in [1.29, 1.82) is 0 Å². The van der Waals surface area contributed by atoms with Crippen LogP contribution in [0.5, 0.6) is 0 Å². The van der Waals surface area contributed by atoms with Gasteiger partial charge < -0.3 is 5.73 Å². The van der Waals surface area contributed by atoms with E-state index in [0.29, 0.717) is 12.0 Å². The van der Waals surface area contributed by atoms with Crippen LogP contribution < -0.4 is 5.73 Å². The van der Waals surface area contributed by atoms with E-state index in [0.717, 1.165) is 18.6 Å². The summed E-state index contributed by atoms with van der Waals surface area (Å²) < 4.78 is 0. The molecule has 3 nitrogen and oxygen atoms in total. The van der Waals surface area contributed by atoms with E-state index in [9.17, 15) is 0 Å². The highest BCUT2D eigenvalue weighted by Gasteiger charge is 2.22. The monoisotopic (exact) mass is 305 g/mol. The molecule has 3 rings (SSSR count). The van der Waals surface area contributed by atoms with Crippen molar-refractivity contribution in [3.63, 3.8) is 0 Å². The summed E-state index contributed by atoms with van der Waals surface area (Å²) in [4.78, 5) is 6.91. The molecular weight excluding hydrogens is 282 g/mol. The van der Waals surface area contributed by atoms with Crippen molar-refractivity contribution in [3.05, 3.63) is 42.1 Å². The molecule has 21 heavy (non-hydrogen) atoms. The summed E-state index contributed by atoms with van der Waals surface area (Å²) in [5.41, 5.74) is 8.51. The highest BCUT2D eigenvalue weighted by molar-refractivity contribution is 5.85. The number of hydrogen-bond donors (Lipinski definition) is 1. The van der Waals surface area contributed by atoms with E-state index in [1.165, 1.54) is 30.3 Å². The van der Waals surface area contributed by atoms with Gasteiger partial charge in [0.1, 0.15) is 0 Å². The molecule has 1 aliphatic rings. The summed E-state index contributed by atoms with van der Waals surface area (Å²) >= 11 is 0. The lowest BCUT2D eigenvalue weighted by Gasteiger charge is -2.34. The summed E-state index contributed by atoms with van der Waals surface area (Å²) in [7, 11) is 0. The number of nitrogens with two attached hydrogens (primary N) is 1. The fraction of sp³-hybridized carbons (Fsp3) is 0.471. The van der Waals surface area contributed by atoms with Gasteiger partial charge in [0.05, 0.1) is 5.52 Å². The van der Waals surface area contributed by atoms with Crippen LogP contribution in [0, 0.1) is 5.92 Å². The molecule has 2 heterocycles. The van der Waals surface area contributed by atoms with Crippen LogP contribution in [0.2, 0.25) is 0 Å². The SMILES string of the molecule is CC(N)C1CCCN(Cc2ccc3ncccc3c2)C1.Cl. The highest BCUT2D eigenvalue weighted by Crippen LogP contribution is 2.21. The molecule has 0 saturated carbocycles. The molecule has 2 atom stereocenters. The predicted octanol–water partition coefficient (Wildman–Crippen LogP) is 3.22. The normalized spacial score (nSPS) is 21.0. The molecule has 2 N–H and O–H groups in total. The van der Waals surface area contributed by atoms with E-state index in [1.807, 2.05) is 12.3 Å². The van der Waals surface area contributed by atoms with E-state index >= 15 is 0 Å². The number of piperidine rings is 1. The smallest absolute Gasteiger partial charge is 0.0702 e. The molecule has 1 aromatic heterocycles. The third-order valence-corrected chi connectivity index (χ3v) is 4.36. The summed E-state index contributed by atoms with van der Waals surface area (Å²) in [5.74, 6) is 0.644. The molecule has 1 fully saturated rings. The first-order valence-corrected chi connectivity index (χ1v) is 7.54. The van der Waals surface area contributed by atoms with Gasteiger partial charge in [0, 0.05) is 30.7 Å². The van der Waals surface area contributed by atoms with Crippen LogP contribution in [0.1, 0.15) is 25.3 Å². The molecule has 0 bridgehead atoms. The summed E-state index contributed by atoms with van der Waals surface area (Å²) in [6, 6.07) is 11.0. The maximum absolute atomic E-state index is 6.06. The van der Waals surface area contributed by atoms with Gasteiger partial charge in [0.15, 0.2) is 0 Å². The lowest BCUT2D eigenvalue weighted by Crippen LogP contribution is -2.41. The van der Waals surface area contributed by atoms with Gasteiger partial charge in [0.2, 0.25) is 0 Å². The van der Waals surface area contributed by atoms with Gasteiger partial charge in [-0.25, -0.2) is 0 Å². The van der Waals surface area contributed by atoms with Gasteiger partial charge in [-0.3, -0.25) is 9.88 Å². The molecular formula is C17H24ClN3. The molecule has 1 aliphatic heterocycles. The van der Waals surface area contributed by atoms with Crippen LogP contribution in [0.4, 0.5) is 0 Å². The maximum atomic E-state index is 6.06. The molecule has 0 radical (unpaired) electrons. The van der Waals surface area contributed by atoms with Crippen LogP contribution in [0.3, 0.4) is 0 Å². The van der Waals surface area contributed by atoms with Crippen LogP contribution in [0.15, 0.2) is 36.5 Å². The lowest BCUT2D eigenvalue weighted by atomic mass is 9.92. The van der Waals surface area contributed by atoms with E-state index in [4.69, 9.17) is 5.73 Å². The molecule has 1 aromatic carbocycles. The molecule has 4 heteroatoms. The Morgan fingerprint density at radius 3 is 3.05 bits per heavy atom. The standard InChI is InChI=1S/C17H23N3.ClH/c1-13(18)16-5-3-9-20(12-16)11-14-6-7-17-15(10-14)4-2-8-19-17;/h2,4,6-8,10,13,16H,3,5,9,11-12,18H2,1H3;1H. The number of nitrogens with zero attached hydrogens (tertiary/aromatic N) is 2. The Morgan fingerprint density at radius 1 is 1.38 bits per heavy atom. The molecule has 0 amide bonds. The Labute approximate surface area is 132 Å². The lowest BCUT2D eigenvalue weighted by molar-refractivity contribution is 0.154. The van der Waals surface area contributed by atoms with Crippen molar-refractivity contribution in [2.45, 2.75) is 32.4 Å². The Hall–Kier alpha value is -1.16. The zero-order valence-corrected chi connectivity index (χ0v) is 13.4. The largest absolute Gasteiger partial charge is 0.328 e. The number of aromatic nitrogens is 1. The summed E-state index contributed by atoms with van der Waals surface area (Å²) in [6.45, 7) is 5.47. The number of likely N-dealkylation sites (tertiary alicyclic amines) is 1. The van der Waals surface area contributed by atoms with Gasteiger partial charge in [-0.15, -0.1) is 12.4 Å². The number of fused-ring (bicyclic) bond motifs is 1. The number of rotatable bonds is 3. The van der Waals surface area contributed by atoms with Crippen LogP contribution in [-0.4, -0.2) is 29.0 Å². The first-order valence-electron chi connectivity index (χ1n) is 7.54. The highest BCUT2D eigenvalue weighted by atomic mass is 35.5. The zero-order chi connectivity index (χ0) is 13.9. The second-order valence-electron chi connectivity index (χ2n) is 6.03. The topological polar surface area (TPSA) is 42.1 Å². The third kappa shape index (κ3) is 3.94. The van der Waals surface area contributed by atoms with E-state index in [2.05, 4.69) is 41.1 Å². The number of pyridine rings is 1. The summed E-state index contributed by atoms with van der Waals surface area (Å²) in [6.07, 6.45) is 4.39. The molecule has 0 spiro atoms. The second-order valence-corrected chi connectivity index (χ2v) is 6.03. The fourth-order valence-corrected chi connectivity index (χ4v) is 3.15. The van der Waals surface area contributed by atoms with Crippen LogP contribution in [-0.2, 0) is 6.54 Å². The average molecular weight is 306 g/mol. The van der Waals surface area contributed by atoms with Crippen molar-refractivity contribution in [1.82, 2.24) is 9.88 Å². The van der Waals surface area contributed by atoms with Crippen LogP contribution >= 0.6 is 12.4 Å². The van der Waals surface area contributed by atoms with Crippen molar-refractivity contribution in [3.8, 4) is 0 Å². The Bertz CT molecular complexity index is 585. The quantitative estimate of drug-likeness (QED) is 0.947. The summed E-state index contributed by atoms with van der Waals surface area (Å²) in [5, 5.41) is 1.23. The number of halogens is 1.